The Labute approximate surface area is 118 Å². The van der Waals surface area contributed by atoms with Gasteiger partial charge in [-0.1, -0.05) is 32.1 Å². The topological polar surface area (TPSA) is 101 Å². The van der Waals surface area contributed by atoms with Gasteiger partial charge >= 0.3 is 0 Å². The third kappa shape index (κ3) is 4.05. The van der Waals surface area contributed by atoms with Gasteiger partial charge in [0.05, 0.1) is 6.61 Å². The molecule has 0 radical (unpaired) electrons. The maximum atomic E-state index is 12.1. The van der Waals surface area contributed by atoms with E-state index in [1.165, 1.54) is 25.5 Å². The van der Waals surface area contributed by atoms with E-state index in [0.717, 1.165) is 25.7 Å². The number of carbonyl (C=O) groups is 1. The fourth-order valence-corrected chi connectivity index (χ4v) is 2.50. The molecule has 1 unspecified atom stereocenters. The van der Waals surface area contributed by atoms with Crippen LogP contribution in [-0.2, 0) is 0 Å². The van der Waals surface area contributed by atoms with Crippen molar-refractivity contribution in [1.29, 1.82) is 0 Å². The van der Waals surface area contributed by atoms with Crippen LogP contribution in [0.25, 0.3) is 0 Å². The molecule has 1 fully saturated rings. The summed E-state index contributed by atoms with van der Waals surface area (Å²) in [6.07, 6.45) is 9.43. The van der Waals surface area contributed by atoms with Crippen LogP contribution < -0.4 is 11.1 Å². The molecule has 1 aromatic heterocycles. The van der Waals surface area contributed by atoms with Crippen LogP contribution in [0.15, 0.2) is 10.7 Å². The van der Waals surface area contributed by atoms with E-state index in [1.54, 1.807) is 0 Å². The van der Waals surface area contributed by atoms with Gasteiger partial charge in [-0.25, -0.2) is 4.98 Å². The number of carbonyl (C=O) groups excluding carboxylic acids is 1. The molecule has 0 aromatic carbocycles. The average molecular weight is 281 g/mol. The third-order valence-corrected chi connectivity index (χ3v) is 3.71. The number of aromatic nitrogens is 1. The first-order valence-corrected chi connectivity index (χ1v) is 7.33. The first kappa shape index (κ1) is 15.0. The normalized spacial score (nSPS) is 19.1. The highest BCUT2D eigenvalue weighted by Crippen LogP contribution is 2.17. The summed E-state index contributed by atoms with van der Waals surface area (Å²) in [5.41, 5.74) is 5.82. The van der Waals surface area contributed by atoms with Gasteiger partial charge in [-0.2, -0.15) is 0 Å². The van der Waals surface area contributed by atoms with Crippen LogP contribution in [-0.4, -0.2) is 28.6 Å². The number of nitrogens with one attached hydrogen (secondary N) is 1. The van der Waals surface area contributed by atoms with E-state index < -0.39 is 6.04 Å². The van der Waals surface area contributed by atoms with Gasteiger partial charge in [0.2, 0.25) is 5.89 Å². The summed E-state index contributed by atoms with van der Waals surface area (Å²) in [5.74, 6) is -0.0361. The van der Waals surface area contributed by atoms with Crippen LogP contribution in [0.5, 0.6) is 0 Å². The smallest absolute Gasteiger partial charge is 0.273 e. The second-order valence-corrected chi connectivity index (χ2v) is 5.38. The highest BCUT2D eigenvalue weighted by molar-refractivity contribution is 5.92. The van der Waals surface area contributed by atoms with Crippen molar-refractivity contribution in [3.63, 3.8) is 0 Å². The van der Waals surface area contributed by atoms with E-state index >= 15 is 0 Å². The average Bonchev–Trinajstić information content (AvgIpc) is 2.90. The molecule has 1 aliphatic carbocycles. The number of nitrogens with two attached hydrogens (primary N) is 1. The minimum atomic E-state index is -0.682. The zero-order chi connectivity index (χ0) is 14.4. The second-order valence-electron chi connectivity index (χ2n) is 5.38. The highest BCUT2D eigenvalue weighted by atomic mass is 16.3. The van der Waals surface area contributed by atoms with Gasteiger partial charge in [0, 0.05) is 6.04 Å². The Balaban J connectivity index is 1.91. The molecule has 20 heavy (non-hydrogen) atoms. The van der Waals surface area contributed by atoms with Crippen molar-refractivity contribution in [3.8, 4) is 0 Å². The molecule has 0 aliphatic heterocycles. The summed E-state index contributed by atoms with van der Waals surface area (Å²) in [7, 11) is 0. The lowest BCUT2D eigenvalue weighted by Crippen LogP contribution is -2.35. The van der Waals surface area contributed by atoms with Crippen molar-refractivity contribution in [2.24, 2.45) is 5.73 Å². The molecule has 1 saturated carbocycles. The molecule has 1 aromatic rings. The summed E-state index contributed by atoms with van der Waals surface area (Å²) in [6, 6.07) is -0.465. The third-order valence-electron chi connectivity index (χ3n) is 3.71. The summed E-state index contributed by atoms with van der Waals surface area (Å²) < 4.78 is 5.12. The Hall–Kier alpha value is -1.40. The number of oxazole rings is 1. The number of hydrogen-bond donors (Lipinski definition) is 3. The van der Waals surface area contributed by atoms with Crippen molar-refractivity contribution in [1.82, 2.24) is 10.3 Å². The lowest BCUT2D eigenvalue weighted by Gasteiger charge is -2.20. The first-order valence-electron chi connectivity index (χ1n) is 7.33. The molecule has 0 bridgehead atoms. The second kappa shape index (κ2) is 7.40. The predicted octanol–water partition coefficient (Wildman–Crippen LogP) is 1.51. The quantitative estimate of drug-likeness (QED) is 0.776. The Kier molecular flexibility index (Phi) is 5.55. The van der Waals surface area contributed by atoms with Crippen LogP contribution in [0, 0.1) is 0 Å². The van der Waals surface area contributed by atoms with Crippen molar-refractivity contribution in [2.45, 2.75) is 57.0 Å². The Bertz CT molecular complexity index is 425. The molecule has 4 N–H and O–H groups in total. The molecule has 1 aliphatic rings. The fourth-order valence-electron chi connectivity index (χ4n) is 2.50. The van der Waals surface area contributed by atoms with Crippen LogP contribution in [0.1, 0.15) is 67.4 Å². The molecule has 1 atom stereocenters. The van der Waals surface area contributed by atoms with E-state index in [4.69, 9.17) is 15.3 Å². The summed E-state index contributed by atoms with van der Waals surface area (Å²) in [6.45, 7) is -0.260. The van der Waals surface area contributed by atoms with Crippen molar-refractivity contribution in [2.75, 3.05) is 6.61 Å². The molecule has 0 spiro atoms. The molecule has 112 valence electrons. The van der Waals surface area contributed by atoms with E-state index in [9.17, 15) is 4.79 Å². The predicted molar refractivity (Wildman–Crippen MR) is 74.1 cm³/mol. The molecule has 6 nitrogen and oxygen atoms in total. The lowest BCUT2D eigenvalue weighted by molar-refractivity contribution is 0.0925. The van der Waals surface area contributed by atoms with Gasteiger partial charge in [-0.3, -0.25) is 4.79 Å². The van der Waals surface area contributed by atoms with Crippen LogP contribution in [0.3, 0.4) is 0 Å². The van der Waals surface area contributed by atoms with Crippen molar-refractivity contribution >= 4 is 5.91 Å². The maximum Gasteiger partial charge on any atom is 0.273 e. The van der Waals surface area contributed by atoms with Gasteiger partial charge in [0.15, 0.2) is 5.69 Å². The van der Waals surface area contributed by atoms with Gasteiger partial charge < -0.3 is 20.6 Å². The summed E-state index contributed by atoms with van der Waals surface area (Å²) in [4.78, 5) is 16.1. The number of hydrogen-bond acceptors (Lipinski definition) is 5. The molecular weight excluding hydrogens is 258 g/mol. The Morgan fingerprint density at radius 3 is 2.70 bits per heavy atom. The molecule has 0 saturated heterocycles. The van der Waals surface area contributed by atoms with E-state index in [-0.39, 0.29) is 30.1 Å². The van der Waals surface area contributed by atoms with Crippen LogP contribution in [0.2, 0.25) is 0 Å². The van der Waals surface area contributed by atoms with Gasteiger partial charge in [-0.15, -0.1) is 0 Å². The zero-order valence-electron chi connectivity index (χ0n) is 11.7. The van der Waals surface area contributed by atoms with E-state index in [0.29, 0.717) is 0 Å². The number of nitrogens with zero attached hydrogens (tertiary/aromatic N) is 1. The molecule has 2 rings (SSSR count). The van der Waals surface area contributed by atoms with Crippen molar-refractivity contribution < 1.29 is 14.3 Å². The highest BCUT2D eigenvalue weighted by Gasteiger charge is 2.19. The largest absolute Gasteiger partial charge is 0.446 e. The van der Waals surface area contributed by atoms with E-state index in [2.05, 4.69) is 10.3 Å². The minimum Gasteiger partial charge on any atom is -0.446 e. The summed E-state index contributed by atoms with van der Waals surface area (Å²) >= 11 is 0. The van der Waals surface area contributed by atoms with Gasteiger partial charge in [-0.05, 0) is 12.8 Å². The van der Waals surface area contributed by atoms with Crippen molar-refractivity contribution in [3.05, 3.63) is 17.8 Å². The zero-order valence-corrected chi connectivity index (χ0v) is 11.7. The minimum absolute atomic E-state index is 0.190. The number of rotatable bonds is 4. The Morgan fingerprint density at radius 2 is 2.05 bits per heavy atom. The van der Waals surface area contributed by atoms with E-state index in [1.807, 2.05) is 0 Å². The summed E-state index contributed by atoms with van der Waals surface area (Å²) in [5, 5.41) is 11.9. The fraction of sp³-hybridized carbons (Fsp3) is 0.714. The van der Waals surface area contributed by atoms with Crippen LogP contribution in [0.4, 0.5) is 0 Å². The lowest BCUT2D eigenvalue weighted by atomic mass is 9.97. The number of aliphatic hydroxyl groups is 1. The molecule has 1 heterocycles. The van der Waals surface area contributed by atoms with Crippen LogP contribution >= 0.6 is 0 Å². The van der Waals surface area contributed by atoms with Gasteiger partial charge in [0.1, 0.15) is 12.3 Å². The van der Waals surface area contributed by atoms with Gasteiger partial charge in [0.25, 0.3) is 5.91 Å². The molecule has 1 amide bonds. The monoisotopic (exact) mass is 281 g/mol. The molecule has 6 heteroatoms. The first-order chi connectivity index (χ1) is 9.70. The maximum absolute atomic E-state index is 12.1. The number of aliphatic hydroxyl groups excluding tert-OH is 1. The Morgan fingerprint density at radius 1 is 1.40 bits per heavy atom. The standard InChI is InChI=1S/C14H23N3O3/c15-11(8-18)14-17-12(9-20-14)13(19)16-10-6-4-2-1-3-5-7-10/h9-11,18H,1-8,15H2,(H,16,19). The molecular formula is C14H23N3O3. The SMILES string of the molecule is NC(CO)c1nc(C(=O)NC2CCCCCCC2)co1. The number of amides is 1.